The zero-order valence-corrected chi connectivity index (χ0v) is 10.8. The van der Waals surface area contributed by atoms with Gasteiger partial charge in [0.15, 0.2) is 0 Å². The fourth-order valence-electron chi connectivity index (χ4n) is 1.79. The van der Waals surface area contributed by atoms with E-state index in [1.54, 1.807) is 38.1 Å². The average Bonchev–Trinajstić information content (AvgIpc) is 2.13. The first kappa shape index (κ1) is 14.6. The highest BCUT2D eigenvalue weighted by atomic mass is 19.3. The first-order valence-corrected chi connectivity index (χ1v) is 5.79. The number of alkyl halides is 2. The van der Waals surface area contributed by atoms with Crippen LogP contribution in [0.4, 0.5) is 8.78 Å². The summed E-state index contributed by atoms with van der Waals surface area (Å²) in [5.74, 6) is -3.64. The van der Waals surface area contributed by atoms with Crippen LogP contribution >= 0.6 is 0 Å². The van der Waals surface area contributed by atoms with Gasteiger partial charge in [0.1, 0.15) is 0 Å². The summed E-state index contributed by atoms with van der Waals surface area (Å²) in [6.07, 6.45) is -0.000199. The van der Waals surface area contributed by atoms with Crippen molar-refractivity contribution in [3.63, 3.8) is 0 Å². The first-order chi connectivity index (χ1) is 8.10. The van der Waals surface area contributed by atoms with Crippen molar-refractivity contribution in [2.75, 3.05) is 0 Å². The Morgan fingerprint density at radius 2 is 1.67 bits per heavy atom. The minimum absolute atomic E-state index is 0.325. The van der Waals surface area contributed by atoms with Crippen LogP contribution in [0.2, 0.25) is 0 Å². The van der Waals surface area contributed by atoms with Crippen LogP contribution in [0, 0.1) is 5.41 Å². The van der Waals surface area contributed by atoms with Crippen molar-refractivity contribution in [2.45, 2.75) is 39.5 Å². The topological polar surface area (TPSA) is 37.3 Å². The predicted octanol–water partition coefficient (Wildman–Crippen LogP) is 3.54. The number of aliphatic carboxylic acids is 1. The highest BCUT2D eigenvalue weighted by Gasteiger charge is 2.28. The molecule has 18 heavy (non-hydrogen) atoms. The minimum Gasteiger partial charge on any atom is -0.481 e. The quantitative estimate of drug-likeness (QED) is 0.875. The van der Waals surface area contributed by atoms with Gasteiger partial charge in [-0.25, -0.2) is 8.78 Å². The van der Waals surface area contributed by atoms with Crippen LogP contribution in [0.3, 0.4) is 0 Å². The molecule has 0 fully saturated rings. The number of benzene rings is 1. The predicted molar refractivity (Wildman–Crippen MR) is 65.9 cm³/mol. The molecule has 0 aromatic heterocycles. The Balaban J connectivity index is 2.86. The van der Waals surface area contributed by atoms with Gasteiger partial charge in [0.05, 0.1) is 5.41 Å². The third kappa shape index (κ3) is 4.43. The summed E-state index contributed by atoms with van der Waals surface area (Å²) < 4.78 is 25.8. The molecular weight excluding hydrogens is 238 g/mol. The van der Waals surface area contributed by atoms with Crippen LogP contribution in [0.5, 0.6) is 0 Å². The van der Waals surface area contributed by atoms with Gasteiger partial charge >= 0.3 is 5.97 Å². The van der Waals surface area contributed by atoms with E-state index in [2.05, 4.69) is 0 Å². The summed E-state index contributed by atoms with van der Waals surface area (Å²) in [6, 6.07) is 6.74. The molecule has 100 valence electrons. The second-order valence-electron chi connectivity index (χ2n) is 5.43. The van der Waals surface area contributed by atoms with Crippen LogP contribution in [0.1, 0.15) is 31.9 Å². The Bertz CT molecular complexity index is 434. The zero-order valence-electron chi connectivity index (χ0n) is 10.8. The second-order valence-corrected chi connectivity index (χ2v) is 5.43. The highest BCUT2D eigenvalue weighted by Crippen LogP contribution is 2.24. The molecule has 1 N–H and O–H groups in total. The SMILES string of the molecule is CC(F)(F)Cc1cccc(CC(C)(C)C(=O)O)c1. The molecule has 0 bridgehead atoms. The van der Waals surface area contributed by atoms with E-state index in [1.165, 1.54) is 0 Å². The number of hydrogen-bond donors (Lipinski definition) is 1. The molecule has 0 aliphatic heterocycles. The smallest absolute Gasteiger partial charge is 0.309 e. The molecule has 0 aliphatic carbocycles. The summed E-state index contributed by atoms with van der Waals surface area (Å²) in [4.78, 5) is 11.0. The number of halogens is 2. The van der Waals surface area contributed by atoms with Gasteiger partial charge in [0.2, 0.25) is 5.92 Å². The highest BCUT2D eigenvalue weighted by molar-refractivity contribution is 5.74. The summed E-state index contributed by atoms with van der Waals surface area (Å²) >= 11 is 0. The Labute approximate surface area is 106 Å². The van der Waals surface area contributed by atoms with Gasteiger partial charge in [-0.1, -0.05) is 24.3 Å². The third-order valence-electron chi connectivity index (χ3n) is 2.73. The molecule has 0 saturated carbocycles. The van der Waals surface area contributed by atoms with E-state index >= 15 is 0 Å². The first-order valence-electron chi connectivity index (χ1n) is 5.79. The maximum absolute atomic E-state index is 12.9. The molecule has 0 amide bonds. The molecule has 2 nitrogen and oxygen atoms in total. The van der Waals surface area contributed by atoms with Crippen molar-refractivity contribution in [2.24, 2.45) is 5.41 Å². The minimum atomic E-state index is -2.75. The van der Waals surface area contributed by atoms with E-state index in [0.29, 0.717) is 12.0 Å². The fourth-order valence-corrected chi connectivity index (χ4v) is 1.79. The summed E-state index contributed by atoms with van der Waals surface area (Å²) in [6.45, 7) is 4.12. The molecule has 1 rings (SSSR count). The van der Waals surface area contributed by atoms with E-state index in [1.807, 2.05) is 0 Å². The maximum atomic E-state index is 12.9. The van der Waals surface area contributed by atoms with Crippen LogP contribution in [-0.4, -0.2) is 17.0 Å². The van der Waals surface area contributed by atoms with Crippen LogP contribution in [0.25, 0.3) is 0 Å². The van der Waals surface area contributed by atoms with Gasteiger partial charge in [-0.05, 0) is 38.3 Å². The average molecular weight is 256 g/mol. The third-order valence-corrected chi connectivity index (χ3v) is 2.73. The lowest BCUT2D eigenvalue weighted by Gasteiger charge is -2.19. The lowest BCUT2D eigenvalue weighted by atomic mass is 9.85. The van der Waals surface area contributed by atoms with Crippen molar-refractivity contribution in [3.05, 3.63) is 35.4 Å². The van der Waals surface area contributed by atoms with E-state index in [0.717, 1.165) is 12.5 Å². The zero-order chi connectivity index (χ0) is 14.0. The summed E-state index contributed by atoms with van der Waals surface area (Å²) in [7, 11) is 0. The largest absolute Gasteiger partial charge is 0.481 e. The Hall–Kier alpha value is -1.45. The second kappa shape index (κ2) is 5.04. The van der Waals surface area contributed by atoms with Gasteiger partial charge in [-0.15, -0.1) is 0 Å². The Morgan fingerprint density at radius 3 is 2.11 bits per heavy atom. The maximum Gasteiger partial charge on any atom is 0.309 e. The Kier molecular flexibility index (Phi) is 4.09. The van der Waals surface area contributed by atoms with Gasteiger partial charge in [-0.2, -0.15) is 0 Å². The lowest BCUT2D eigenvalue weighted by Crippen LogP contribution is -2.26. The number of carboxylic acids is 1. The number of hydrogen-bond acceptors (Lipinski definition) is 1. The van der Waals surface area contributed by atoms with Crippen molar-refractivity contribution in [1.29, 1.82) is 0 Å². The van der Waals surface area contributed by atoms with Gasteiger partial charge in [-0.3, -0.25) is 4.79 Å². The monoisotopic (exact) mass is 256 g/mol. The molecule has 0 heterocycles. The van der Waals surface area contributed by atoms with Crippen LogP contribution < -0.4 is 0 Å². The van der Waals surface area contributed by atoms with E-state index in [4.69, 9.17) is 5.11 Å². The van der Waals surface area contributed by atoms with Crippen molar-refractivity contribution in [1.82, 2.24) is 0 Å². The Morgan fingerprint density at radius 1 is 1.17 bits per heavy atom. The van der Waals surface area contributed by atoms with Crippen LogP contribution in [0.15, 0.2) is 24.3 Å². The normalized spacial score (nSPS) is 12.5. The number of carboxylic acid groups (broad SMARTS) is 1. The molecule has 0 unspecified atom stereocenters. The molecule has 4 heteroatoms. The molecule has 0 saturated heterocycles. The van der Waals surface area contributed by atoms with Crippen LogP contribution in [-0.2, 0) is 17.6 Å². The fraction of sp³-hybridized carbons (Fsp3) is 0.500. The molecular formula is C14H18F2O2. The van der Waals surface area contributed by atoms with Crippen molar-refractivity contribution in [3.8, 4) is 0 Å². The lowest BCUT2D eigenvalue weighted by molar-refractivity contribution is -0.146. The number of carbonyl (C=O) groups is 1. The molecule has 1 aromatic rings. The molecule has 1 aromatic carbocycles. The van der Waals surface area contributed by atoms with E-state index < -0.39 is 17.3 Å². The number of rotatable bonds is 5. The van der Waals surface area contributed by atoms with Gasteiger partial charge < -0.3 is 5.11 Å². The summed E-state index contributed by atoms with van der Waals surface area (Å²) in [5.41, 5.74) is 0.401. The van der Waals surface area contributed by atoms with E-state index in [9.17, 15) is 13.6 Å². The molecule has 0 radical (unpaired) electrons. The summed E-state index contributed by atoms with van der Waals surface area (Å²) in [5, 5.41) is 9.04. The molecule has 0 aliphatic rings. The van der Waals surface area contributed by atoms with Gasteiger partial charge in [0, 0.05) is 6.42 Å². The molecule has 0 spiro atoms. The van der Waals surface area contributed by atoms with Crippen molar-refractivity contribution < 1.29 is 18.7 Å². The van der Waals surface area contributed by atoms with E-state index in [-0.39, 0.29) is 6.42 Å². The van der Waals surface area contributed by atoms with Gasteiger partial charge in [0.25, 0.3) is 0 Å². The molecule has 0 atom stereocenters. The standard InChI is InChI=1S/C14H18F2O2/c1-13(2,12(17)18)8-10-5-4-6-11(7-10)9-14(3,15)16/h4-7H,8-9H2,1-3H3,(H,17,18). The van der Waals surface area contributed by atoms with Crippen molar-refractivity contribution >= 4 is 5.97 Å².